The molecule has 0 saturated heterocycles. The van der Waals surface area contributed by atoms with Gasteiger partial charge in [0.15, 0.2) is 5.82 Å². The highest BCUT2D eigenvalue weighted by atomic mass is 16.5. The summed E-state index contributed by atoms with van der Waals surface area (Å²) >= 11 is 0. The first kappa shape index (κ1) is 9.92. The van der Waals surface area contributed by atoms with E-state index in [4.69, 9.17) is 4.42 Å². The predicted molar refractivity (Wildman–Crippen MR) is 53.2 cm³/mol. The summed E-state index contributed by atoms with van der Waals surface area (Å²) in [5.41, 5.74) is 0. The van der Waals surface area contributed by atoms with Crippen LogP contribution in [0.15, 0.2) is 27.5 Å². The second-order valence-corrected chi connectivity index (χ2v) is 3.29. The van der Waals surface area contributed by atoms with E-state index in [9.17, 15) is 0 Å². The third-order valence-electron chi connectivity index (χ3n) is 2.03. The standard InChI is InChI=1S/C10H13N3O2/c1-8-2-3-9(15-8)6-11-5-4-10-12-7-14-13-10/h2-3,7,11H,4-6H2,1H3. The van der Waals surface area contributed by atoms with E-state index in [-0.39, 0.29) is 0 Å². The fourth-order valence-electron chi connectivity index (χ4n) is 1.29. The molecule has 0 fully saturated rings. The van der Waals surface area contributed by atoms with Gasteiger partial charge < -0.3 is 14.3 Å². The van der Waals surface area contributed by atoms with Crippen molar-refractivity contribution in [1.82, 2.24) is 15.5 Å². The van der Waals surface area contributed by atoms with E-state index in [0.29, 0.717) is 0 Å². The predicted octanol–water partition coefficient (Wildman–Crippen LogP) is 1.30. The summed E-state index contributed by atoms with van der Waals surface area (Å²) in [6.07, 6.45) is 2.10. The normalized spacial score (nSPS) is 10.7. The number of hydrogen-bond acceptors (Lipinski definition) is 5. The molecule has 0 amide bonds. The first-order chi connectivity index (χ1) is 7.34. The van der Waals surface area contributed by atoms with Crippen molar-refractivity contribution >= 4 is 0 Å². The highest BCUT2D eigenvalue weighted by Gasteiger charge is 1.99. The summed E-state index contributed by atoms with van der Waals surface area (Å²) in [6.45, 7) is 3.47. The quantitative estimate of drug-likeness (QED) is 0.749. The van der Waals surface area contributed by atoms with Crippen LogP contribution in [-0.2, 0) is 13.0 Å². The molecule has 1 N–H and O–H groups in total. The number of furan rings is 1. The Morgan fingerprint density at radius 3 is 3.00 bits per heavy atom. The Morgan fingerprint density at radius 1 is 1.40 bits per heavy atom. The molecule has 0 aliphatic carbocycles. The second kappa shape index (κ2) is 4.75. The van der Waals surface area contributed by atoms with Gasteiger partial charge in [-0.3, -0.25) is 0 Å². The molecule has 2 aromatic heterocycles. The number of nitrogens with one attached hydrogen (secondary N) is 1. The Bertz CT molecular complexity index is 394. The van der Waals surface area contributed by atoms with Gasteiger partial charge in [0.25, 0.3) is 0 Å². The lowest BCUT2D eigenvalue weighted by Crippen LogP contribution is -2.16. The molecule has 2 heterocycles. The smallest absolute Gasteiger partial charge is 0.213 e. The zero-order valence-corrected chi connectivity index (χ0v) is 8.56. The SMILES string of the molecule is Cc1ccc(CNCCc2ncon2)o1. The Morgan fingerprint density at radius 2 is 2.33 bits per heavy atom. The average Bonchev–Trinajstić information content (AvgIpc) is 2.84. The van der Waals surface area contributed by atoms with Gasteiger partial charge in [0.05, 0.1) is 6.54 Å². The summed E-state index contributed by atoms with van der Waals surface area (Å²) in [4.78, 5) is 3.92. The van der Waals surface area contributed by atoms with Gasteiger partial charge in [-0.25, -0.2) is 0 Å². The van der Waals surface area contributed by atoms with Gasteiger partial charge >= 0.3 is 0 Å². The maximum atomic E-state index is 5.41. The summed E-state index contributed by atoms with van der Waals surface area (Å²) in [6, 6.07) is 3.92. The highest BCUT2D eigenvalue weighted by Crippen LogP contribution is 2.05. The Kier molecular flexibility index (Phi) is 3.14. The molecule has 0 radical (unpaired) electrons. The lowest BCUT2D eigenvalue weighted by Gasteiger charge is -1.99. The molecule has 2 aromatic rings. The molecule has 5 heteroatoms. The Hall–Kier alpha value is -1.62. The zero-order chi connectivity index (χ0) is 10.5. The molecule has 0 aliphatic heterocycles. The van der Waals surface area contributed by atoms with Gasteiger partial charge in [0.1, 0.15) is 11.5 Å². The molecule has 5 nitrogen and oxygen atoms in total. The maximum absolute atomic E-state index is 5.41. The van der Waals surface area contributed by atoms with Crippen LogP contribution in [0.4, 0.5) is 0 Å². The van der Waals surface area contributed by atoms with Crippen LogP contribution in [0.3, 0.4) is 0 Å². The van der Waals surface area contributed by atoms with Gasteiger partial charge in [-0.1, -0.05) is 5.16 Å². The maximum Gasteiger partial charge on any atom is 0.213 e. The van der Waals surface area contributed by atoms with Crippen LogP contribution in [-0.4, -0.2) is 16.7 Å². The van der Waals surface area contributed by atoms with Crippen LogP contribution in [0, 0.1) is 6.92 Å². The molecule has 0 unspecified atom stereocenters. The lowest BCUT2D eigenvalue weighted by molar-refractivity contribution is 0.408. The summed E-state index contributed by atoms with van der Waals surface area (Å²) in [5.74, 6) is 2.60. The van der Waals surface area contributed by atoms with Crippen LogP contribution in [0.5, 0.6) is 0 Å². The highest BCUT2D eigenvalue weighted by molar-refractivity contribution is 5.05. The third-order valence-corrected chi connectivity index (χ3v) is 2.03. The van der Waals surface area contributed by atoms with Gasteiger partial charge in [-0.2, -0.15) is 4.98 Å². The monoisotopic (exact) mass is 207 g/mol. The van der Waals surface area contributed by atoms with Crippen LogP contribution < -0.4 is 5.32 Å². The third kappa shape index (κ3) is 2.92. The van der Waals surface area contributed by atoms with Gasteiger partial charge in [0.2, 0.25) is 6.39 Å². The minimum atomic E-state index is 0.720. The van der Waals surface area contributed by atoms with Gasteiger partial charge in [0, 0.05) is 13.0 Å². The Balaban J connectivity index is 1.67. The fraction of sp³-hybridized carbons (Fsp3) is 0.400. The molecule has 80 valence electrons. The van der Waals surface area contributed by atoms with Crippen LogP contribution in [0.1, 0.15) is 17.3 Å². The summed E-state index contributed by atoms with van der Waals surface area (Å²) in [7, 11) is 0. The molecule has 0 aromatic carbocycles. The number of aryl methyl sites for hydroxylation is 1. The van der Waals surface area contributed by atoms with E-state index in [1.807, 2.05) is 19.1 Å². The van der Waals surface area contributed by atoms with Crippen LogP contribution >= 0.6 is 0 Å². The number of rotatable bonds is 5. The van der Waals surface area contributed by atoms with E-state index < -0.39 is 0 Å². The minimum Gasteiger partial charge on any atom is -0.465 e. The van der Waals surface area contributed by atoms with Crippen molar-refractivity contribution in [1.29, 1.82) is 0 Å². The van der Waals surface area contributed by atoms with E-state index in [0.717, 1.165) is 36.9 Å². The van der Waals surface area contributed by atoms with E-state index >= 15 is 0 Å². The molecule has 15 heavy (non-hydrogen) atoms. The lowest BCUT2D eigenvalue weighted by atomic mass is 10.4. The average molecular weight is 207 g/mol. The zero-order valence-electron chi connectivity index (χ0n) is 8.56. The van der Waals surface area contributed by atoms with E-state index in [2.05, 4.69) is 20.0 Å². The molecule has 0 saturated carbocycles. The van der Waals surface area contributed by atoms with Gasteiger partial charge in [-0.15, -0.1) is 0 Å². The van der Waals surface area contributed by atoms with Crippen molar-refractivity contribution in [3.8, 4) is 0 Å². The van der Waals surface area contributed by atoms with Gasteiger partial charge in [-0.05, 0) is 19.1 Å². The van der Waals surface area contributed by atoms with Crippen molar-refractivity contribution in [3.05, 3.63) is 35.9 Å². The topological polar surface area (TPSA) is 64.1 Å². The molecular weight excluding hydrogens is 194 g/mol. The molecule has 0 aliphatic rings. The van der Waals surface area contributed by atoms with E-state index in [1.165, 1.54) is 6.39 Å². The Labute approximate surface area is 87.5 Å². The van der Waals surface area contributed by atoms with Crippen molar-refractivity contribution in [2.75, 3.05) is 6.54 Å². The first-order valence-electron chi connectivity index (χ1n) is 4.86. The van der Waals surface area contributed by atoms with Crippen LogP contribution in [0.2, 0.25) is 0 Å². The van der Waals surface area contributed by atoms with Crippen LogP contribution in [0.25, 0.3) is 0 Å². The second-order valence-electron chi connectivity index (χ2n) is 3.29. The first-order valence-corrected chi connectivity index (χ1v) is 4.86. The summed E-state index contributed by atoms with van der Waals surface area (Å²) < 4.78 is 10.0. The minimum absolute atomic E-state index is 0.720. The molecule has 2 rings (SSSR count). The van der Waals surface area contributed by atoms with Crippen molar-refractivity contribution < 1.29 is 8.94 Å². The largest absolute Gasteiger partial charge is 0.465 e. The van der Waals surface area contributed by atoms with Crippen molar-refractivity contribution in [3.63, 3.8) is 0 Å². The molecule has 0 atom stereocenters. The summed E-state index contributed by atoms with van der Waals surface area (Å²) in [5, 5.41) is 6.95. The fourth-order valence-corrected chi connectivity index (χ4v) is 1.29. The number of nitrogens with zero attached hydrogens (tertiary/aromatic N) is 2. The molecule has 0 bridgehead atoms. The number of hydrogen-bond donors (Lipinski definition) is 1. The number of aromatic nitrogens is 2. The van der Waals surface area contributed by atoms with Crippen molar-refractivity contribution in [2.24, 2.45) is 0 Å². The molecular formula is C10H13N3O2. The van der Waals surface area contributed by atoms with E-state index in [1.54, 1.807) is 0 Å². The van der Waals surface area contributed by atoms with Crippen molar-refractivity contribution in [2.45, 2.75) is 19.9 Å². The molecule has 0 spiro atoms.